The first-order valence-electron chi connectivity index (χ1n) is 14.5. The summed E-state index contributed by atoms with van der Waals surface area (Å²) in [4.78, 5) is 21.9. The molecule has 218 valence electrons. The molecule has 4 N–H and O–H groups in total. The Balaban J connectivity index is 2.52. The number of esters is 1. The summed E-state index contributed by atoms with van der Waals surface area (Å²) in [5.74, 6) is -1.31. The van der Waals surface area contributed by atoms with E-state index in [1.807, 2.05) is 0 Å². The third kappa shape index (κ3) is 15.7. The second-order valence-electron chi connectivity index (χ2n) is 10.4. The highest BCUT2D eigenvalue weighted by molar-refractivity contribution is 5.66. The minimum Gasteiger partial charge on any atom is -0.481 e. The maximum absolute atomic E-state index is 11.2. The van der Waals surface area contributed by atoms with E-state index < -0.39 is 42.6 Å². The van der Waals surface area contributed by atoms with Crippen LogP contribution in [-0.4, -0.2) is 75.8 Å². The monoisotopic (exact) mass is 532 g/mol. The molecular weight excluding hydrogens is 480 g/mol. The Morgan fingerprint density at radius 3 is 1.78 bits per heavy atom. The molecule has 0 spiro atoms. The van der Waals surface area contributed by atoms with Gasteiger partial charge < -0.3 is 34.6 Å². The van der Waals surface area contributed by atoms with Crippen LogP contribution < -0.4 is 0 Å². The number of carbonyl (C=O) groups excluding carboxylic acids is 1. The van der Waals surface area contributed by atoms with Crippen LogP contribution in [0.1, 0.15) is 123 Å². The van der Waals surface area contributed by atoms with E-state index in [4.69, 9.17) is 19.3 Å². The summed E-state index contributed by atoms with van der Waals surface area (Å²) in [5, 5.41) is 39.8. The normalized spacial score (nSPS) is 24.6. The van der Waals surface area contributed by atoms with Crippen LogP contribution in [0, 0.1) is 0 Å². The van der Waals surface area contributed by atoms with Crippen molar-refractivity contribution >= 4 is 11.9 Å². The van der Waals surface area contributed by atoms with Crippen molar-refractivity contribution in [2.75, 3.05) is 6.61 Å². The Labute approximate surface area is 222 Å². The van der Waals surface area contributed by atoms with Crippen molar-refractivity contribution in [2.24, 2.45) is 0 Å². The van der Waals surface area contributed by atoms with E-state index in [0.29, 0.717) is 6.42 Å². The lowest BCUT2D eigenvalue weighted by atomic mass is 9.98. The molecule has 1 aliphatic heterocycles. The van der Waals surface area contributed by atoms with Gasteiger partial charge in [-0.1, -0.05) is 90.4 Å². The van der Waals surface area contributed by atoms with Gasteiger partial charge in [0.1, 0.15) is 31.0 Å². The molecule has 0 aromatic heterocycles. The van der Waals surface area contributed by atoms with Gasteiger partial charge in [0.2, 0.25) is 0 Å². The van der Waals surface area contributed by atoms with Crippen LogP contribution in [0.4, 0.5) is 0 Å². The number of unbranched alkanes of at least 4 members (excludes halogenated alkanes) is 12. The van der Waals surface area contributed by atoms with Gasteiger partial charge in [-0.3, -0.25) is 9.59 Å². The SMILES string of the molecule is CCCCCCCCCCCCC(CCCCCCC(=O)O)OC1OC(COC(C)=O)C(O)C(O)C1O. The Bertz CT molecular complexity index is 600. The Morgan fingerprint density at radius 1 is 0.757 bits per heavy atom. The van der Waals surface area contributed by atoms with E-state index >= 15 is 0 Å². The second kappa shape index (κ2) is 20.7. The number of aliphatic hydroxyl groups excluding tert-OH is 3. The van der Waals surface area contributed by atoms with E-state index in [0.717, 1.165) is 44.9 Å². The van der Waals surface area contributed by atoms with Crippen molar-refractivity contribution in [1.82, 2.24) is 0 Å². The van der Waals surface area contributed by atoms with E-state index in [9.17, 15) is 24.9 Å². The maximum Gasteiger partial charge on any atom is 0.303 e. The molecule has 1 aliphatic rings. The topological polar surface area (TPSA) is 143 Å². The third-order valence-electron chi connectivity index (χ3n) is 6.99. The smallest absolute Gasteiger partial charge is 0.303 e. The molecule has 0 aromatic carbocycles. The van der Waals surface area contributed by atoms with Crippen LogP contribution in [0.3, 0.4) is 0 Å². The average Bonchev–Trinajstić information content (AvgIpc) is 2.86. The van der Waals surface area contributed by atoms with E-state index in [2.05, 4.69) is 6.92 Å². The number of aliphatic hydroxyl groups is 3. The summed E-state index contributed by atoms with van der Waals surface area (Å²) in [6, 6.07) is 0. The highest BCUT2D eigenvalue weighted by atomic mass is 16.7. The van der Waals surface area contributed by atoms with Crippen molar-refractivity contribution in [2.45, 2.75) is 160 Å². The maximum atomic E-state index is 11.2. The zero-order chi connectivity index (χ0) is 27.5. The first-order valence-corrected chi connectivity index (χ1v) is 14.5. The number of carbonyl (C=O) groups is 2. The summed E-state index contributed by atoms with van der Waals surface area (Å²) < 4.78 is 16.8. The molecule has 0 aliphatic carbocycles. The lowest BCUT2D eigenvalue weighted by Gasteiger charge is -2.41. The Hall–Kier alpha value is -1.26. The first-order chi connectivity index (χ1) is 17.8. The number of ether oxygens (including phenoxy) is 3. The standard InChI is InChI=1S/C28H52O9/c1-3-4-5-6-7-8-9-10-11-14-17-22(18-15-12-13-16-19-24(30)31)36-28-27(34)26(33)25(32)23(37-28)20-35-21(2)29/h22-23,25-28,32-34H,3-20H2,1-2H3,(H,30,31). The molecule has 1 rings (SSSR count). The van der Waals surface area contributed by atoms with Gasteiger partial charge in [0.15, 0.2) is 6.29 Å². The van der Waals surface area contributed by atoms with Crippen molar-refractivity contribution in [3.63, 3.8) is 0 Å². The van der Waals surface area contributed by atoms with Gasteiger partial charge in [-0.25, -0.2) is 0 Å². The summed E-state index contributed by atoms with van der Waals surface area (Å²) in [5.41, 5.74) is 0. The van der Waals surface area contributed by atoms with E-state index in [1.54, 1.807) is 0 Å². The summed E-state index contributed by atoms with van der Waals surface area (Å²) >= 11 is 0. The van der Waals surface area contributed by atoms with Crippen LogP contribution in [0.2, 0.25) is 0 Å². The van der Waals surface area contributed by atoms with Gasteiger partial charge in [0.25, 0.3) is 0 Å². The first kappa shape index (κ1) is 33.8. The largest absolute Gasteiger partial charge is 0.481 e. The van der Waals surface area contributed by atoms with Gasteiger partial charge in [-0.05, 0) is 19.3 Å². The van der Waals surface area contributed by atoms with Crippen LogP contribution in [0.15, 0.2) is 0 Å². The number of aliphatic carboxylic acids is 1. The number of rotatable bonds is 22. The van der Waals surface area contributed by atoms with Crippen LogP contribution in [0.25, 0.3) is 0 Å². The minimum absolute atomic E-state index is 0.171. The molecule has 0 saturated carbocycles. The minimum atomic E-state index is -1.48. The lowest BCUT2D eigenvalue weighted by molar-refractivity contribution is -0.312. The molecule has 1 fully saturated rings. The predicted molar refractivity (Wildman–Crippen MR) is 140 cm³/mol. The average molecular weight is 533 g/mol. The number of carboxylic acid groups (broad SMARTS) is 1. The molecule has 9 heteroatoms. The predicted octanol–water partition coefficient (Wildman–Crippen LogP) is 4.48. The van der Waals surface area contributed by atoms with Gasteiger partial charge in [-0.2, -0.15) is 0 Å². The van der Waals surface area contributed by atoms with E-state index in [1.165, 1.54) is 58.3 Å². The number of carboxylic acids is 1. The van der Waals surface area contributed by atoms with Crippen LogP contribution >= 0.6 is 0 Å². The number of hydrogen-bond acceptors (Lipinski definition) is 8. The molecule has 0 amide bonds. The van der Waals surface area contributed by atoms with Gasteiger partial charge in [-0.15, -0.1) is 0 Å². The number of hydrogen-bond donors (Lipinski definition) is 4. The zero-order valence-electron chi connectivity index (χ0n) is 23.0. The second-order valence-corrected chi connectivity index (χ2v) is 10.4. The molecule has 1 heterocycles. The van der Waals surface area contributed by atoms with Crippen LogP contribution in [0.5, 0.6) is 0 Å². The summed E-state index contributed by atoms with van der Waals surface area (Å²) in [6.07, 6.45) is 10.5. The third-order valence-corrected chi connectivity index (χ3v) is 6.99. The Kier molecular flexibility index (Phi) is 18.9. The highest BCUT2D eigenvalue weighted by Crippen LogP contribution is 2.26. The zero-order valence-corrected chi connectivity index (χ0v) is 23.0. The quantitative estimate of drug-likeness (QED) is 0.117. The van der Waals surface area contributed by atoms with Gasteiger partial charge in [0.05, 0.1) is 6.10 Å². The van der Waals surface area contributed by atoms with Crippen molar-refractivity contribution in [3.05, 3.63) is 0 Å². The fourth-order valence-corrected chi connectivity index (χ4v) is 4.70. The highest BCUT2D eigenvalue weighted by Gasteiger charge is 2.45. The fraction of sp³-hybridized carbons (Fsp3) is 0.929. The molecule has 0 aromatic rings. The van der Waals surface area contributed by atoms with Gasteiger partial charge >= 0.3 is 11.9 Å². The van der Waals surface area contributed by atoms with Crippen molar-refractivity contribution in [1.29, 1.82) is 0 Å². The molecule has 0 bridgehead atoms. The molecule has 6 unspecified atom stereocenters. The molecule has 0 radical (unpaired) electrons. The molecular formula is C28H52O9. The molecule has 37 heavy (non-hydrogen) atoms. The lowest BCUT2D eigenvalue weighted by Crippen LogP contribution is -2.60. The Morgan fingerprint density at radius 2 is 1.27 bits per heavy atom. The molecule has 9 nitrogen and oxygen atoms in total. The molecule has 1 saturated heterocycles. The van der Waals surface area contributed by atoms with Gasteiger partial charge in [0, 0.05) is 13.3 Å². The molecule has 6 atom stereocenters. The van der Waals surface area contributed by atoms with Crippen molar-refractivity contribution < 1.29 is 44.2 Å². The van der Waals surface area contributed by atoms with E-state index in [-0.39, 0.29) is 19.1 Å². The fourth-order valence-electron chi connectivity index (χ4n) is 4.70. The van der Waals surface area contributed by atoms with Crippen molar-refractivity contribution in [3.8, 4) is 0 Å². The summed E-state index contributed by atoms with van der Waals surface area (Å²) in [7, 11) is 0. The summed E-state index contributed by atoms with van der Waals surface area (Å²) in [6.45, 7) is 3.23. The van der Waals surface area contributed by atoms with Crippen LogP contribution in [-0.2, 0) is 23.8 Å².